The number of hydrogen-bond donors (Lipinski definition) is 1. The van der Waals surface area contributed by atoms with Gasteiger partial charge in [0.25, 0.3) is 0 Å². The summed E-state index contributed by atoms with van der Waals surface area (Å²) >= 11 is 0. The van der Waals surface area contributed by atoms with Crippen molar-refractivity contribution in [3.05, 3.63) is 59.5 Å². The SMILES string of the molecule is Cc1ccc(CCCNC(=O)OCc2ccccc2)o1. The van der Waals surface area contributed by atoms with Crippen molar-refractivity contribution < 1.29 is 13.9 Å². The minimum absolute atomic E-state index is 0.296. The fourth-order valence-electron chi connectivity index (χ4n) is 1.85. The van der Waals surface area contributed by atoms with E-state index >= 15 is 0 Å². The molecule has 106 valence electrons. The quantitative estimate of drug-likeness (QED) is 0.820. The second-order valence-electron chi connectivity index (χ2n) is 4.60. The van der Waals surface area contributed by atoms with Crippen LogP contribution in [0.4, 0.5) is 4.79 Å². The molecule has 0 radical (unpaired) electrons. The molecule has 1 aromatic carbocycles. The Morgan fingerprint density at radius 1 is 1.20 bits per heavy atom. The summed E-state index contributed by atoms with van der Waals surface area (Å²) in [5, 5.41) is 2.73. The number of aryl methyl sites for hydroxylation is 2. The number of hydrogen-bond acceptors (Lipinski definition) is 3. The second kappa shape index (κ2) is 7.38. The molecular formula is C16H19NO3. The molecule has 0 fully saturated rings. The summed E-state index contributed by atoms with van der Waals surface area (Å²) in [6.07, 6.45) is 1.25. The molecule has 0 atom stereocenters. The molecule has 2 rings (SSSR count). The van der Waals surface area contributed by atoms with Gasteiger partial charge < -0.3 is 14.5 Å². The van der Waals surface area contributed by atoms with Crippen LogP contribution in [0.5, 0.6) is 0 Å². The van der Waals surface area contributed by atoms with E-state index in [-0.39, 0.29) is 6.09 Å². The van der Waals surface area contributed by atoms with Gasteiger partial charge in [-0.3, -0.25) is 0 Å². The molecule has 2 aromatic rings. The summed E-state index contributed by atoms with van der Waals surface area (Å²) in [4.78, 5) is 11.5. The highest BCUT2D eigenvalue weighted by Gasteiger charge is 2.03. The summed E-state index contributed by atoms with van der Waals surface area (Å²) in [7, 11) is 0. The Morgan fingerprint density at radius 3 is 2.70 bits per heavy atom. The Hall–Kier alpha value is -2.23. The lowest BCUT2D eigenvalue weighted by Crippen LogP contribution is -2.25. The maximum absolute atomic E-state index is 11.5. The number of ether oxygens (including phenoxy) is 1. The van der Waals surface area contributed by atoms with Crippen molar-refractivity contribution in [2.45, 2.75) is 26.4 Å². The Labute approximate surface area is 118 Å². The van der Waals surface area contributed by atoms with Gasteiger partial charge in [0.2, 0.25) is 0 Å². The van der Waals surface area contributed by atoms with Gasteiger partial charge in [-0.15, -0.1) is 0 Å². The Bertz CT molecular complexity index is 534. The van der Waals surface area contributed by atoms with Gasteiger partial charge in [0, 0.05) is 13.0 Å². The van der Waals surface area contributed by atoms with Crippen LogP contribution in [0.1, 0.15) is 23.5 Å². The van der Waals surface area contributed by atoms with E-state index in [2.05, 4.69) is 5.32 Å². The predicted molar refractivity (Wildman–Crippen MR) is 76.4 cm³/mol. The summed E-state index contributed by atoms with van der Waals surface area (Å²) in [5.74, 6) is 1.86. The highest BCUT2D eigenvalue weighted by Crippen LogP contribution is 2.08. The van der Waals surface area contributed by atoms with Crippen molar-refractivity contribution in [2.24, 2.45) is 0 Å². The fourth-order valence-corrected chi connectivity index (χ4v) is 1.85. The monoisotopic (exact) mass is 273 g/mol. The van der Waals surface area contributed by atoms with Crippen LogP contribution in [0.25, 0.3) is 0 Å². The number of amides is 1. The van der Waals surface area contributed by atoms with Crippen molar-refractivity contribution in [1.82, 2.24) is 5.32 Å². The van der Waals surface area contributed by atoms with E-state index in [1.165, 1.54) is 0 Å². The first-order valence-corrected chi connectivity index (χ1v) is 6.74. The number of carbonyl (C=O) groups excluding carboxylic acids is 1. The second-order valence-corrected chi connectivity index (χ2v) is 4.60. The topological polar surface area (TPSA) is 51.5 Å². The minimum Gasteiger partial charge on any atom is -0.466 e. The Kier molecular flexibility index (Phi) is 5.24. The molecule has 0 aliphatic carbocycles. The first-order chi connectivity index (χ1) is 9.74. The van der Waals surface area contributed by atoms with E-state index in [1.54, 1.807) is 0 Å². The molecule has 0 saturated carbocycles. The minimum atomic E-state index is -0.385. The molecule has 0 saturated heterocycles. The van der Waals surface area contributed by atoms with Gasteiger partial charge in [0.05, 0.1) is 0 Å². The summed E-state index contributed by atoms with van der Waals surface area (Å²) < 4.78 is 10.6. The van der Waals surface area contributed by atoms with Gasteiger partial charge in [-0.25, -0.2) is 4.79 Å². The van der Waals surface area contributed by atoms with Crippen molar-refractivity contribution >= 4 is 6.09 Å². The van der Waals surface area contributed by atoms with Gasteiger partial charge >= 0.3 is 6.09 Å². The molecule has 4 heteroatoms. The number of alkyl carbamates (subject to hydrolysis) is 1. The molecule has 0 bridgehead atoms. The van der Waals surface area contributed by atoms with Crippen LogP contribution in [0.2, 0.25) is 0 Å². The maximum Gasteiger partial charge on any atom is 0.407 e. The van der Waals surface area contributed by atoms with Crippen LogP contribution >= 0.6 is 0 Å². The largest absolute Gasteiger partial charge is 0.466 e. The summed E-state index contributed by atoms with van der Waals surface area (Å²) in [6.45, 7) is 2.79. The molecular weight excluding hydrogens is 254 g/mol. The van der Waals surface area contributed by atoms with Crippen molar-refractivity contribution in [3.8, 4) is 0 Å². The Morgan fingerprint density at radius 2 is 2.00 bits per heavy atom. The molecule has 1 amide bonds. The highest BCUT2D eigenvalue weighted by atomic mass is 16.5. The maximum atomic E-state index is 11.5. The molecule has 1 N–H and O–H groups in total. The lowest BCUT2D eigenvalue weighted by Gasteiger charge is -2.06. The van der Waals surface area contributed by atoms with Crippen LogP contribution in [-0.4, -0.2) is 12.6 Å². The van der Waals surface area contributed by atoms with Crippen molar-refractivity contribution in [1.29, 1.82) is 0 Å². The third-order valence-corrected chi connectivity index (χ3v) is 2.88. The Balaban J connectivity index is 1.58. The smallest absolute Gasteiger partial charge is 0.407 e. The van der Waals surface area contributed by atoms with E-state index in [1.807, 2.05) is 49.4 Å². The molecule has 0 unspecified atom stereocenters. The normalized spacial score (nSPS) is 10.2. The predicted octanol–water partition coefficient (Wildman–Crippen LogP) is 3.45. The number of nitrogens with one attached hydrogen (secondary N) is 1. The van der Waals surface area contributed by atoms with Crippen LogP contribution in [0.3, 0.4) is 0 Å². The fraction of sp³-hybridized carbons (Fsp3) is 0.312. The van der Waals surface area contributed by atoms with E-state index < -0.39 is 0 Å². The van der Waals surface area contributed by atoms with Gasteiger partial charge in [-0.05, 0) is 31.0 Å². The van der Waals surface area contributed by atoms with Crippen molar-refractivity contribution in [3.63, 3.8) is 0 Å². The molecule has 4 nitrogen and oxygen atoms in total. The first kappa shape index (κ1) is 14.2. The number of carbonyl (C=O) groups is 1. The molecule has 0 aliphatic heterocycles. The standard InChI is InChI=1S/C16H19NO3/c1-13-9-10-15(20-13)8-5-11-17-16(18)19-12-14-6-3-2-4-7-14/h2-4,6-7,9-10H,5,8,11-12H2,1H3,(H,17,18). The molecule has 1 heterocycles. The van der Waals surface area contributed by atoms with Gasteiger partial charge in [-0.1, -0.05) is 30.3 Å². The molecule has 0 spiro atoms. The van der Waals surface area contributed by atoms with Gasteiger partial charge in [0.15, 0.2) is 0 Å². The van der Waals surface area contributed by atoms with E-state index in [0.29, 0.717) is 13.2 Å². The number of furan rings is 1. The number of rotatable bonds is 6. The zero-order valence-corrected chi connectivity index (χ0v) is 11.6. The highest BCUT2D eigenvalue weighted by molar-refractivity contribution is 5.67. The van der Waals surface area contributed by atoms with Crippen molar-refractivity contribution in [2.75, 3.05) is 6.54 Å². The first-order valence-electron chi connectivity index (χ1n) is 6.74. The third-order valence-electron chi connectivity index (χ3n) is 2.88. The molecule has 1 aromatic heterocycles. The van der Waals surface area contributed by atoms with E-state index in [0.717, 1.165) is 29.9 Å². The molecule has 0 aliphatic rings. The van der Waals surface area contributed by atoms with Gasteiger partial charge in [0.1, 0.15) is 18.1 Å². The summed E-state index contributed by atoms with van der Waals surface area (Å²) in [6, 6.07) is 13.5. The van der Waals surface area contributed by atoms with Crippen LogP contribution in [0, 0.1) is 6.92 Å². The lowest BCUT2D eigenvalue weighted by atomic mass is 10.2. The van der Waals surface area contributed by atoms with E-state index in [9.17, 15) is 4.79 Å². The zero-order valence-electron chi connectivity index (χ0n) is 11.6. The van der Waals surface area contributed by atoms with Gasteiger partial charge in [-0.2, -0.15) is 0 Å². The zero-order chi connectivity index (χ0) is 14.2. The third kappa shape index (κ3) is 4.80. The molecule has 20 heavy (non-hydrogen) atoms. The average molecular weight is 273 g/mol. The summed E-state index contributed by atoms with van der Waals surface area (Å²) in [5.41, 5.74) is 0.980. The number of benzene rings is 1. The van der Waals surface area contributed by atoms with Crippen LogP contribution in [0.15, 0.2) is 46.9 Å². The average Bonchev–Trinajstić information content (AvgIpc) is 2.88. The van der Waals surface area contributed by atoms with Crippen LogP contribution < -0.4 is 5.32 Å². The van der Waals surface area contributed by atoms with Crippen LogP contribution in [-0.2, 0) is 17.8 Å². The van der Waals surface area contributed by atoms with E-state index in [4.69, 9.17) is 9.15 Å². The lowest BCUT2D eigenvalue weighted by molar-refractivity contribution is 0.139.